The van der Waals surface area contributed by atoms with Gasteiger partial charge >= 0.3 is 5.97 Å². The molecule has 0 aromatic rings. The lowest BCUT2D eigenvalue weighted by atomic mass is 9.37. The van der Waals surface area contributed by atoms with Crippen LogP contribution in [0.15, 0.2) is 11.1 Å². The molecular formula is C31H50O2. The Morgan fingerprint density at radius 3 is 2.24 bits per heavy atom. The van der Waals surface area contributed by atoms with E-state index in [9.17, 15) is 4.79 Å². The SMILES string of the molecule is COC(=O)[C@]12CC[C@]3(C)C4=C(CC[C@@]3(C)[C@@H]1CC[C@@H]2C(C)C)[C@@]1(C)CCCC(C)(C)[C@@H]1CC4. The van der Waals surface area contributed by atoms with E-state index in [0.717, 1.165) is 12.3 Å². The minimum Gasteiger partial charge on any atom is -0.469 e. The molecule has 0 N–H and O–H groups in total. The van der Waals surface area contributed by atoms with Gasteiger partial charge < -0.3 is 4.74 Å². The van der Waals surface area contributed by atoms with Crippen LogP contribution in [0.5, 0.6) is 0 Å². The second kappa shape index (κ2) is 7.36. The predicted molar refractivity (Wildman–Crippen MR) is 136 cm³/mol. The molecule has 3 saturated carbocycles. The van der Waals surface area contributed by atoms with E-state index in [0.29, 0.717) is 28.6 Å². The first-order valence-electron chi connectivity index (χ1n) is 14.2. The molecular weight excluding hydrogens is 404 g/mol. The first kappa shape index (κ1) is 23.9. The van der Waals surface area contributed by atoms with Crippen molar-refractivity contribution >= 4 is 5.97 Å². The number of hydrogen-bond donors (Lipinski definition) is 0. The van der Waals surface area contributed by atoms with Crippen molar-refractivity contribution in [3.05, 3.63) is 11.1 Å². The summed E-state index contributed by atoms with van der Waals surface area (Å²) in [5.41, 5.74) is 4.76. The van der Waals surface area contributed by atoms with Crippen LogP contribution >= 0.6 is 0 Å². The number of carbonyl (C=O) groups excluding carboxylic acids is 1. The molecule has 0 amide bonds. The minimum absolute atomic E-state index is 0.108. The molecule has 186 valence electrons. The van der Waals surface area contributed by atoms with Gasteiger partial charge in [-0.25, -0.2) is 0 Å². The predicted octanol–water partition coefficient (Wildman–Crippen LogP) is 8.35. The standard InChI is InChI=1S/C31H50O2/c1-20(2)21-10-13-25-30(7)17-14-22-23(29(30,6)18-19-31(21,25)26(32)33-8)11-12-24-27(3,4)15-9-16-28(22,24)5/h20-21,24-25H,9-19H2,1-8H3/t21-,24+,25+,28-,29-,30+,31+/m1/s1. The number of rotatable bonds is 2. The van der Waals surface area contributed by atoms with Crippen LogP contribution in [0.1, 0.15) is 119 Å². The Balaban J connectivity index is 1.61. The van der Waals surface area contributed by atoms with E-state index in [-0.39, 0.29) is 22.2 Å². The number of fused-ring (bicyclic) bond motifs is 6. The van der Waals surface area contributed by atoms with Gasteiger partial charge in [0.05, 0.1) is 12.5 Å². The lowest BCUT2D eigenvalue weighted by Gasteiger charge is -2.67. The summed E-state index contributed by atoms with van der Waals surface area (Å²) < 4.78 is 5.60. The zero-order chi connectivity index (χ0) is 24.0. The van der Waals surface area contributed by atoms with Gasteiger partial charge in [-0.3, -0.25) is 4.79 Å². The van der Waals surface area contributed by atoms with Crippen LogP contribution in [0.25, 0.3) is 0 Å². The molecule has 0 saturated heterocycles. The summed E-state index contributed by atoms with van der Waals surface area (Å²) in [6, 6.07) is 0. The fourth-order valence-electron chi connectivity index (χ4n) is 11.4. The van der Waals surface area contributed by atoms with Gasteiger partial charge in [-0.15, -0.1) is 0 Å². The molecule has 33 heavy (non-hydrogen) atoms. The first-order valence-corrected chi connectivity index (χ1v) is 14.2. The number of methoxy groups -OCH3 is 1. The Morgan fingerprint density at radius 2 is 1.58 bits per heavy atom. The summed E-state index contributed by atoms with van der Waals surface area (Å²) in [5, 5.41) is 0. The third-order valence-electron chi connectivity index (χ3n) is 13.0. The lowest BCUT2D eigenvalue weighted by Crippen LogP contribution is -2.61. The van der Waals surface area contributed by atoms with Gasteiger partial charge in [0.25, 0.3) is 0 Å². The topological polar surface area (TPSA) is 26.3 Å². The molecule has 2 nitrogen and oxygen atoms in total. The molecule has 0 heterocycles. The third kappa shape index (κ3) is 2.82. The van der Waals surface area contributed by atoms with E-state index in [2.05, 4.69) is 48.5 Å². The maximum atomic E-state index is 13.6. The van der Waals surface area contributed by atoms with Gasteiger partial charge in [-0.05, 0) is 110 Å². The average molecular weight is 455 g/mol. The molecule has 0 aliphatic heterocycles. The lowest BCUT2D eigenvalue weighted by molar-refractivity contribution is -0.181. The maximum Gasteiger partial charge on any atom is 0.312 e. The number of allylic oxidation sites excluding steroid dienone is 2. The van der Waals surface area contributed by atoms with E-state index in [1.807, 2.05) is 11.1 Å². The summed E-state index contributed by atoms with van der Waals surface area (Å²) in [6.07, 6.45) is 14.0. The molecule has 7 atom stereocenters. The second-order valence-electron chi connectivity index (χ2n) is 14.6. The summed E-state index contributed by atoms with van der Waals surface area (Å²) in [4.78, 5) is 13.6. The molecule has 0 spiro atoms. The normalized spacial score (nSPS) is 48.6. The Hall–Kier alpha value is -0.790. The van der Waals surface area contributed by atoms with Crippen molar-refractivity contribution in [3.8, 4) is 0 Å². The second-order valence-corrected chi connectivity index (χ2v) is 14.6. The monoisotopic (exact) mass is 454 g/mol. The molecule has 0 unspecified atom stereocenters. The summed E-state index contributed by atoms with van der Waals surface area (Å²) in [7, 11) is 1.63. The van der Waals surface area contributed by atoms with Crippen LogP contribution in [0.3, 0.4) is 0 Å². The number of hydrogen-bond acceptors (Lipinski definition) is 2. The Bertz CT molecular complexity index is 866. The van der Waals surface area contributed by atoms with Crippen LogP contribution in [-0.2, 0) is 9.53 Å². The number of carbonyl (C=O) groups is 1. The van der Waals surface area contributed by atoms with E-state index in [1.165, 1.54) is 64.2 Å². The highest BCUT2D eigenvalue weighted by atomic mass is 16.5. The minimum atomic E-state index is -0.261. The van der Waals surface area contributed by atoms with E-state index < -0.39 is 0 Å². The average Bonchev–Trinajstić information content (AvgIpc) is 3.15. The molecule has 0 radical (unpaired) electrons. The van der Waals surface area contributed by atoms with Crippen molar-refractivity contribution in [3.63, 3.8) is 0 Å². The number of ether oxygens (including phenoxy) is 1. The molecule has 5 rings (SSSR count). The zero-order valence-corrected chi connectivity index (χ0v) is 22.9. The Labute approximate surface area is 203 Å². The Kier molecular flexibility index (Phi) is 5.34. The largest absolute Gasteiger partial charge is 0.469 e. The smallest absolute Gasteiger partial charge is 0.312 e. The highest BCUT2D eigenvalue weighted by Crippen LogP contribution is 2.76. The van der Waals surface area contributed by atoms with Crippen LogP contribution in [-0.4, -0.2) is 13.1 Å². The Morgan fingerprint density at radius 1 is 0.848 bits per heavy atom. The van der Waals surface area contributed by atoms with Gasteiger partial charge in [0, 0.05) is 0 Å². The van der Waals surface area contributed by atoms with Crippen molar-refractivity contribution in [1.29, 1.82) is 0 Å². The van der Waals surface area contributed by atoms with E-state index in [4.69, 9.17) is 4.74 Å². The van der Waals surface area contributed by atoms with Crippen molar-refractivity contribution in [2.45, 2.75) is 119 Å². The molecule has 0 aromatic heterocycles. The summed E-state index contributed by atoms with van der Waals surface area (Å²) in [6.45, 7) is 17.6. The highest BCUT2D eigenvalue weighted by Gasteiger charge is 2.70. The number of esters is 1. The summed E-state index contributed by atoms with van der Waals surface area (Å²) in [5.74, 6) is 2.42. The van der Waals surface area contributed by atoms with Gasteiger partial charge in [0.15, 0.2) is 0 Å². The van der Waals surface area contributed by atoms with Crippen LogP contribution in [0.2, 0.25) is 0 Å². The molecule has 2 heteroatoms. The maximum absolute atomic E-state index is 13.6. The summed E-state index contributed by atoms with van der Waals surface area (Å²) >= 11 is 0. The van der Waals surface area contributed by atoms with Gasteiger partial charge in [-0.1, -0.05) is 66.0 Å². The third-order valence-corrected chi connectivity index (χ3v) is 13.0. The van der Waals surface area contributed by atoms with Gasteiger partial charge in [0.2, 0.25) is 0 Å². The van der Waals surface area contributed by atoms with Crippen LogP contribution in [0.4, 0.5) is 0 Å². The zero-order valence-electron chi connectivity index (χ0n) is 22.9. The first-order chi connectivity index (χ1) is 15.4. The fraction of sp³-hybridized carbons (Fsp3) is 0.903. The van der Waals surface area contributed by atoms with Crippen LogP contribution in [0, 0.1) is 50.7 Å². The molecule has 5 aliphatic rings. The van der Waals surface area contributed by atoms with E-state index >= 15 is 0 Å². The van der Waals surface area contributed by atoms with E-state index in [1.54, 1.807) is 7.11 Å². The van der Waals surface area contributed by atoms with Gasteiger partial charge in [-0.2, -0.15) is 0 Å². The quantitative estimate of drug-likeness (QED) is 0.309. The van der Waals surface area contributed by atoms with Crippen molar-refractivity contribution in [2.24, 2.45) is 50.7 Å². The fourth-order valence-corrected chi connectivity index (χ4v) is 11.4. The molecule has 5 aliphatic carbocycles. The van der Waals surface area contributed by atoms with Crippen molar-refractivity contribution < 1.29 is 9.53 Å². The van der Waals surface area contributed by atoms with Crippen molar-refractivity contribution in [1.82, 2.24) is 0 Å². The molecule has 0 aromatic carbocycles. The van der Waals surface area contributed by atoms with Gasteiger partial charge in [0.1, 0.15) is 0 Å². The highest BCUT2D eigenvalue weighted by molar-refractivity contribution is 5.79. The van der Waals surface area contributed by atoms with Crippen molar-refractivity contribution in [2.75, 3.05) is 7.11 Å². The molecule has 3 fully saturated rings. The molecule has 0 bridgehead atoms. The van der Waals surface area contributed by atoms with Crippen LogP contribution < -0.4 is 0 Å².